The number of thioether (sulfide) groups is 1. The quantitative estimate of drug-likeness (QED) is 0.757. The maximum atomic E-state index is 9.99. The molecule has 116 valence electrons. The second kappa shape index (κ2) is 6.31. The third kappa shape index (κ3) is 3.46. The van der Waals surface area contributed by atoms with E-state index in [1.807, 2.05) is 11.8 Å². The van der Waals surface area contributed by atoms with E-state index in [4.69, 9.17) is 0 Å². The average Bonchev–Trinajstić information content (AvgIpc) is 3.22. The van der Waals surface area contributed by atoms with Crippen molar-refractivity contribution in [1.82, 2.24) is 5.32 Å². The Morgan fingerprint density at radius 2 is 2.05 bits per heavy atom. The molecule has 0 amide bonds. The van der Waals surface area contributed by atoms with Gasteiger partial charge in [-0.3, -0.25) is 0 Å². The van der Waals surface area contributed by atoms with E-state index in [9.17, 15) is 5.11 Å². The summed E-state index contributed by atoms with van der Waals surface area (Å²) in [7, 11) is 0. The van der Waals surface area contributed by atoms with Gasteiger partial charge in [0.25, 0.3) is 0 Å². The summed E-state index contributed by atoms with van der Waals surface area (Å²) in [6.45, 7) is 4.59. The molecule has 0 bridgehead atoms. The molecule has 1 saturated carbocycles. The molecule has 1 atom stereocenters. The zero-order chi connectivity index (χ0) is 14.9. The van der Waals surface area contributed by atoms with Crippen LogP contribution in [-0.4, -0.2) is 29.0 Å². The highest BCUT2D eigenvalue weighted by Gasteiger charge is 2.44. The van der Waals surface area contributed by atoms with Crippen molar-refractivity contribution in [2.45, 2.75) is 62.4 Å². The lowest BCUT2D eigenvalue weighted by Gasteiger charge is -2.35. The molecule has 1 aromatic rings. The minimum absolute atomic E-state index is 0.0994. The molecule has 2 nitrogen and oxygen atoms in total. The van der Waals surface area contributed by atoms with E-state index in [1.165, 1.54) is 48.1 Å². The summed E-state index contributed by atoms with van der Waals surface area (Å²) in [5.74, 6) is 1.61. The number of aryl methyl sites for hydroxylation is 2. The van der Waals surface area contributed by atoms with Crippen LogP contribution in [0.1, 0.15) is 44.2 Å². The Labute approximate surface area is 132 Å². The first-order valence-corrected chi connectivity index (χ1v) is 9.25. The normalized spacial score (nSPS) is 20.6. The van der Waals surface area contributed by atoms with Gasteiger partial charge in [0.1, 0.15) is 0 Å². The monoisotopic (exact) mass is 305 g/mol. The minimum atomic E-state index is -0.0994. The van der Waals surface area contributed by atoms with Crippen LogP contribution in [0.25, 0.3) is 0 Å². The maximum absolute atomic E-state index is 9.99. The Hall–Kier alpha value is -0.510. The van der Waals surface area contributed by atoms with Crippen LogP contribution in [0.3, 0.4) is 0 Å². The van der Waals surface area contributed by atoms with Gasteiger partial charge in [0.15, 0.2) is 0 Å². The highest BCUT2D eigenvalue weighted by atomic mass is 32.2. The van der Waals surface area contributed by atoms with Gasteiger partial charge in [-0.1, -0.05) is 19.9 Å². The molecule has 0 heterocycles. The van der Waals surface area contributed by atoms with Gasteiger partial charge in [0, 0.05) is 16.7 Å². The van der Waals surface area contributed by atoms with Crippen LogP contribution in [0.2, 0.25) is 0 Å². The average molecular weight is 305 g/mol. The van der Waals surface area contributed by atoms with E-state index in [0.29, 0.717) is 12.0 Å². The Kier molecular flexibility index (Phi) is 4.63. The summed E-state index contributed by atoms with van der Waals surface area (Å²) in [6.07, 6.45) is 6.30. The lowest BCUT2D eigenvalue weighted by Crippen LogP contribution is -2.55. The molecule has 1 unspecified atom stereocenters. The Morgan fingerprint density at radius 3 is 2.71 bits per heavy atom. The molecule has 0 spiro atoms. The van der Waals surface area contributed by atoms with Crippen molar-refractivity contribution in [3.63, 3.8) is 0 Å². The number of rotatable bonds is 7. The molecular formula is C18H27NOS. The number of benzene rings is 1. The maximum Gasteiger partial charge on any atom is 0.0624 e. The molecule has 0 aromatic heterocycles. The molecule has 2 aliphatic rings. The van der Waals surface area contributed by atoms with E-state index in [2.05, 4.69) is 37.4 Å². The summed E-state index contributed by atoms with van der Waals surface area (Å²) in [5.41, 5.74) is 2.98. The summed E-state index contributed by atoms with van der Waals surface area (Å²) in [4.78, 5) is 1.36. The number of hydrogen-bond acceptors (Lipinski definition) is 3. The molecule has 0 aliphatic heterocycles. The third-order valence-electron chi connectivity index (χ3n) is 4.78. The van der Waals surface area contributed by atoms with Crippen molar-refractivity contribution < 1.29 is 5.11 Å². The first-order valence-electron chi connectivity index (χ1n) is 8.26. The van der Waals surface area contributed by atoms with E-state index < -0.39 is 0 Å². The van der Waals surface area contributed by atoms with Crippen LogP contribution in [0.15, 0.2) is 23.1 Å². The molecular weight excluding hydrogens is 278 g/mol. The number of aliphatic hydroxyl groups is 1. The van der Waals surface area contributed by atoms with Crippen LogP contribution in [0, 0.1) is 5.92 Å². The van der Waals surface area contributed by atoms with E-state index >= 15 is 0 Å². The van der Waals surface area contributed by atoms with E-state index in [-0.39, 0.29) is 12.1 Å². The van der Waals surface area contributed by atoms with Gasteiger partial charge < -0.3 is 10.4 Å². The molecule has 1 fully saturated rings. The Balaban J connectivity index is 1.69. The molecule has 1 aromatic carbocycles. The van der Waals surface area contributed by atoms with E-state index in [1.54, 1.807) is 0 Å². The number of nitrogens with one attached hydrogen (secondary N) is 1. The Bertz CT molecular complexity index is 498. The highest BCUT2D eigenvalue weighted by Crippen LogP contribution is 2.42. The zero-order valence-electron chi connectivity index (χ0n) is 13.2. The first kappa shape index (κ1) is 15.4. The van der Waals surface area contributed by atoms with Crippen LogP contribution in [-0.2, 0) is 12.8 Å². The van der Waals surface area contributed by atoms with Crippen molar-refractivity contribution >= 4 is 11.8 Å². The number of fused-ring (bicyclic) bond motifs is 1. The summed E-state index contributed by atoms with van der Waals surface area (Å²) >= 11 is 1.91. The van der Waals surface area contributed by atoms with Crippen molar-refractivity contribution in [1.29, 1.82) is 0 Å². The predicted octanol–water partition coefficient (Wildman–Crippen LogP) is 3.41. The Morgan fingerprint density at radius 1 is 1.29 bits per heavy atom. The van der Waals surface area contributed by atoms with Gasteiger partial charge in [-0.05, 0) is 61.3 Å². The van der Waals surface area contributed by atoms with Gasteiger partial charge >= 0.3 is 0 Å². The molecule has 21 heavy (non-hydrogen) atoms. The van der Waals surface area contributed by atoms with Gasteiger partial charge in [-0.15, -0.1) is 11.8 Å². The van der Waals surface area contributed by atoms with Gasteiger partial charge in [-0.25, -0.2) is 0 Å². The predicted molar refractivity (Wildman–Crippen MR) is 90.0 cm³/mol. The van der Waals surface area contributed by atoms with Gasteiger partial charge in [-0.2, -0.15) is 0 Å². The van der Waals surface area contributed by atoms with Crippen molar-refractivity contribution in [3.8, 4) is 0 Å². The van der Waals surface area contributed by atoms with Crippen molar-refractivity contribution in [3.05, 3.63) is 29.3 Å². The second-order valence-electron chi connectivity index (χ2n) is 6.96. The largest absolute Gasteiger partial charge is 0.394 e. The molecule has 3 rings (SSSR count). The fraction of sp³-hybridized carbons (Fsp3) is 0.667. The fourth-order valence-electron chi connectivity index (χ4n) is 3.56. The molecule has 0 saturated heterocycles. The lowest BCUT2D eigenvalue weighted by atomic mass is 9.95. The smallest absolute Gasteiger partial charge is 0.0624 e. The van der Waals surface area contributed by atoms with Crippen molar-refractivity contribution in [2.75, 3.05) is 12.4 Å². The minimum Gasteiger partial charge on any atom is -0.394 e. The van der Waals surface area contributed by atoms with Gasteiger partial charge in [0.05, 0.1) is 12.1 Å². The third-order valence-corrected chi connectivity index (χ3v) is 6.03. The first-order chi connectivity index (χ1) is 10.1. The van der Waals surface area contributed by atoms with Crippen LogP contribution < -0.4 is 5.32 Å². The second-order valence-corrected chi connectivity index (χ2v) is 8.01. The van der Waals surface area contributed by atoms with Crippen molar-refractivity contribution in [2.24, 2.45) is 5.92 Å². The van der Waals surface area contributed by atoms with Crippen LogP contribution >= 0.6 is 11.8 Å². The van der Waals surface area contributed by atoms with Gasteiger partial charge in [0.2, 0.25) is 0 Å². The summed E-state index contributed by atoms with van der Waals surface area (Å²) < 4.78 is 0. The van der Waals surface area contributed by atoms with Crippen LogP contribution in [0.5, 0.6) is 0 Å². The lowest BCUT2D eigenvalue weighted by molar-refractivity contribution is 0.150. The fourth-order valence-corrected chi connectivity index (χ4v) is 4.78. The van der Waals surface area contributed by atoms with Crippen LogP contribution in [0.4, 0.5) is 0 Å². The van der Waals surface area contributed by atoms with E-state index in [0.717, 1.165) is 5.75 Å². The summed E-state index contributed by atoms with van der Waals surface area (Å²) in [6, 6.07) is 7.35. The highest BCUT2D eigenvalue weighted by molar-refractivity contribution is 7.99. The topological polar surface area (TPSA) is 32.3 Å². The molecule has 0 radical (unpaired) electrons. The summed E-state index contributed by atoms with van der Waals surface area (Å²) in [5, 5.41) is 13.6. The number of hydrogen-bond donors (Lipinski definition) is 2. The standard InChI is InChI=1S/C18H27NOS/c1-13(2)19-18(11-20,16-7-8-16)12-21-17-9-6-14-4-3-5-15(14)10-17/h6,9-10,13,16,19-20H,3-5,7-8,11-12H2,1-2H3. The SMILES string of the molecule is CC(C)NC(CO)(CSc1ccc2c(c1)CCC2)C1CC1. The molecule has 3 heteroatoms. The number of aliphatic hydroxyl groups excluding tert-OH is 1. The molecule has 2 N–H and O–H groups in total. The zero-order valence-corrected chi connectivity index (χ0v) is 14.0. The molecule has 2 aliphatic carbocycles.